The van der Waals surface area contributed by atoms with Gasteiger partial charge in [0.25, 0.3) is 5.91 Å². The minimum Gasteiger partial charge on any atom is -0.468 e. The first-order valence-corrected chi connectivity index (χ1v) is 32.0. The molecule has 6 aromatic carbocycles. The lowest BCUT2D eigenvalue weighted by Gasteiger charge is -2.29. The molecule has 0 radical (unpaired) electrons. The van der Waals surface area contributed by atoms with Crippen LogP contribution in [0.5, 0.6) is 0 Å². The van der Waals surface area contributed by atoms with Crippen LogP contribution in [0.25, 0.3) is 25.7 Å². The van der Waals surface area contributed by atoms with Crippen molar-refractivity contribution in [1.29, 1.82) is 21.0 Å². The Balaban J connectivity index is 0.000000590. The van der Waals surface area contributed by atoms with E-state index in [0.717, 1.165) is 62.0 Å². The number of halogens is 3. The number of carbonyl (C=O) groups is 6. The molecule has 24 heteroatoms. The highest BCUT2D eigenvalue weighted by atomic mass is 35.5. The molecule has 0 saturated heterocycles. The van der Waals surface area contributed by atoms with Gasteiger partial charge in [-0.25, -0.2) is 0 Å². The Kier molecular flexibility index (Phi) is 40.4. The lowest BCUT2D eigenvalue weighted by molar-refractivity contribution is -0.139. The number of nitriles is 4. The summed E-state index contributed by atoms with van der Waals surface area (Å²) in [6.45, 7) is 13.3. The van der Waals surface area contributed by atoms with Crippen molar-refractivity contribution in [3.05, 3.63) is 208 Å². The quantitative estimate of drug-likeness (QED) is 0.0123. The zero-order valence-electron chi connectivity index (χ0n) is 52.1. The van der Waals surface area contributed by atoms with Gasteiger partial charge in [0, 0.05) is 109 Å². The predicted molar refractivity (Wildman–Crippen MR) is 380 cm³/mol. The molecule has 1 aromatic heterocycles. The molecule has 18 nitrogen and oxygen atoms in total. The van der Waals surface area contributed by atoms with Crippen LogP contribution in [0.2, 0.25) is 0 Å². The number of rotatable bonds is 17. The van der Waals surface area contributed by atoms with Gasteiger partial charge in [-0.2, -0.15) is 21.0 Å². The maximum atomic E-state index is 12.8. The smallest absolute Gasteiger partial charge is 0.319 e. The number of nitrogens with zero attached hydrogens (tertiary/aromatic N) is 4. The Morgan fingerprint density at radius 1 is 0.547 bits per heavy atom. The number of hydrogen-bond donors (Lipinski definition) is 6. The minimum atomic E-state index is -0.932. The number of fused-ring (bicyclic) bond motifs is 6. The van der Waals surface area contributed by atoms with Crippen LogP contribution in [0.4, 0.5) is 4.70 Å². The normalized spacial score (nSPS) is 10.8. The molecule has 0 fully saturated rings. The van der Waals surface area contributed by atoms with Crippen LogP contribution in [0, 0.1) is 45.3 Å². The monoisotopic (exact) mass is 1380 g/mol. The summed E-state index contributed by atoms with van der Waals surface area (Å²) in [6, 6.07) is 54.3. The number of nitrogens with two attached hydrogens (primary N) is 3. The third-order valence-electron chi connectivity index (χ3n) is 12.6. The molecule has 0 saturated carbocycles. The van der Waals surface area contributed by atoms with Crippen molar-refractivity contribution in [2.24, 2.45) is 17.2 Å². The number of allylic oxidation sites excluding steroid dienone is 2. The molecule has 3 heterocycles. The molecular formula is C71H77Cl2FN10O8S3. The number of hydrogen-bond acceptors (Lipinski definition) is 18. The lowest BCUT2D eigenvalue weighted by atomic mass is 9.92. The van der Waals surface area contributed by atoms with E-state index in [-0.39, 0.29) is 65.8 Å². The van der Waals surface area contributed by atoms with Crippen molar-refractivity contribution < 1.29 is 38.2 Å². The van der Waals surface area contributed by atoms with Gasteiger partial charge in [0.15, 0.2) is 21.3 Å². The third kappa shape index (κ3) is 27.7. The number of benzene rings is 6. The number of ketones is 2. The van der Waals surface area contributed by atoms with Crippen molar-refractivity contribution >= 4 is 119 Å². The van der Waals surface area contributed by atoms with Gasteiger partial charge in [-0.05, 0) is 97.5 Å². The van der Waals surface area contributed by atoms with E-state index in [9.17, 15) is 38.8 Å². The highest BCUT2D eigenvalue weighted by Crippen LogP contribution is 2.53. The maximum Gasteiger partial charge on any atom is 0.319 e. The molecular weight excluding hydrogens is 1310 g/mol. The first kappa shape index (κ1) is 83.7. The Morgan fingerprint density at radius 3 is 1.32 bits per heavy atom. The number of methoxy groups -OCH3 is 1. The summed E-state index contributed by atoms with van der Waals surface area (Å²) in [5.41, 5.74) is 20.5. The largest absolute Gasteiger partial charge is 0.468 e. The van der Waals surface area contributed by atoms with E-state index >= 15 is 0 Å². The van der Waals surface area contributed by atoms with Crippen molar-refractivity contribution in [1.82, 2.24) is 16.0 Å². The number of alkyl halides is 2. The molecule has 95 heavy (non-hydrogen) atoms. The Morgan fingerprint density at radius 2 is 0.926 bits per heavy atom. The van der Waals surface area contributed by atoms with Crippen molar-refractivity contribution in [3.8, 4) is 24.3 Å². The lowest BCUT2D eigenvalue weighted by Crippen LogP contribution is -2.28. The number of carbonyl (C=O) groups excluding carboxylic acids is 6. The standard InChI is InChI=1S/C23H20N2O2S.C13H8Cl2S.C13H8OS.C10H14N2O2.C5H9N3O.C4H5NO2.C2H8N2.CH4.FH/c1-15(2)19(26)10-7-13-25-23(27)18(14-24)22-16-8-3-5-11-20(16)28-21-12-6-4-9-17(21)22;14-13(15)9-5-1-3-7-11(9)16-12-8-4-2-6-10(12)13;14-13-9-5-1-3-7-11(9)15-12-8-4-2-6-10(12)13;1-8(2)9(13)4-3-7-12-10(14)5-6-11;6-2-1-5(9)8-4-3-7;1-7-4(6)2-3-5;3-1-2-4;;/h3-6,8-9,11-12H,1,7,10,13H2,2H3,(H,25,27);1-8H;1-8H;1,3-5,7H2,2H3,(H,12,14);1,3-4,7H2,(H,8,9);2H2,1H3;1-4H2;1H4;1H. The van der Waals surface area contributed by atoms with E-state index in [4.69, 9.17) is 56.2 Å². The highest BCUT2D eigenvalue weighted by Gasteiger charge is 2.37. The second-order valence-electron chi connectivity index (χ2n) is 19.6. The van der Waals surface area contributed by atoms with Gasteiger partial charge in [0.1, 0.15) is 30.9 Å². The average Bonchev–Trinajstić information content (AvgIpc) is 0.804. The van der Waals surface area contributed by atoms with E-state index in [1.54, 1.807) is 66.9 Å². The molecule has 498 valence electrons. The fourth-order valence-electron chi connectivity index (χ4n) is 7.98. The summed E-state index contributed by atoms with van der Waals surface area (Å²) in [5, 5.41) is 43.2. The highest BCUT2D eigenvalue weighted by molar-refractivity contribution is 7.99. The first-order valence-electron chi connectivity index (χ1n) is 28.8. The van der Waals surface area contributed by atoms with Gasteiger partial charge < -0.3 is 37.9 Å². The number of ether oxygens (including phenoxy) is 1. The summed E-state index contributed by atoms with van der Waals surface area (Å²) >= 11 is 18.0. The zero-order valence-corrected chi connectivity index (χ0v) is 56.1. The number of esters is 1. The molecule has 9 rings (SSSR count). The predicted octanol–water partition coefficient (Wildman–Crippen LogP) is 12.4. The minimum absolute atomic E-state index is 0. The van der Waals surface area contributed by atoms with Gasteiger partial charge in [-0.1, -0.05) is 164 Å². The molecule has 0 bridgehead atoms. The summed E-state index contributed by atoms with van der Waals surface area (Å²) in [5.74, 6) is -1.46. The van der Waals surface area contributed by atoms with Crippen molar-refractivity contribution in [3.63, 3.8) is 0 Å². The van der Waals surface area contributed by atoms with Gasteiger partial charge >= 0.3 is 5.97 Å². The average molecular weight is 1380 g/mol. The molecule has 0 aliphatic carbocycles. The number of Topliss-reactive ketones (excluding diaryl/α,β-unsaturated/α-hetero) is 2. The molecule has 0 atom stereocenters. The summed E-state index contributed by atoms with van der Waals surface area (Å²) in [7, 11) is 1.25. The van der Waals surface area contributed by atoms with Gasteiger partial charge in [-0.15, -0.1) is 11.3 Å². The fraction of sp³-hybridized carbons (Fsp3) is 0.254. The Bertz CT molecular complexity index is 3890. The fourth-order valence-corrected chi connectivity index (χ4v) is 12.2. The second-order valence-corrected chi connectivity index (χ2v) is 24.1. The number of nitrogens with one attached hydrogen (secondary N) is 3. The van der Waals surface area contributed by atoms with Crippen LogP contribution < -0.4 is 38.6 Å². The van der Waals surface area contributed by atoms with Crippen LogP contribution in [-0.4, -0.2) is 81.6 Å². The summed E-state index contributed by atoms with van der Waals surface area (Å²) < 4.78 is 5.31. The summed E-state index contributed by atoms with van der Waals surface area (Å²) in [6.07, 6.45) is 1.45. The van der Waals surface area contributed by atoms with E-state index in [0.29, 0.717) is 81.7 Å². The van der Waals surface area contributed by atoms with Gasteiger partial charge in [0.05, 0.1) is 25.3 Å². The van der Waals surface area contributed by atoms with Crippen LogP contribution in [0.1, 0.15) is 88.5 Å². The third-order valence-corrected chi connectivity index (χ3v) is 16.8. The molecule has 3 amide bonds. The van der Waals surface area contributed by atoms with E-state index in [1.807, 2.05) is 133 Å². The van der Waals surface area contributed by atoms with Crippen LogP contribution in [-0.2, 0) is 37.8 Å². The second kappa shape index (κ2) is 45.9. The SMILES string of the molecule is C.C=C(C)C(=O)CCCNC(=O)C(C#N)=C1c2ccccc2Sc2ccccc21.C=C(C)C(=O)CCCNC(=O)CC#N.COC(=O)CC#N.ClC1(Cl)c2ccccc2Sc2ccccc21.F.N#CCC(=O)NCCN.NCCN.O=c1c2ccccc2sc2ccccc12. The molecule has 7 aromatic rings. The van der Waals surface area contributed by atoms with Crippen molar-refractivity contribution in [2.45, 2.75) is 90.1 Å². The molecule has 9 N–H and O–H groups in total. The Labute approximate surface area is 576 Å². The molecule has 0 spiro atoms. The van der Waals surface area contributed by atoms with E-state index in [1.165, 1.54) is 7.11 Å². The van der Waals surface area contributed by atoms with E-state index in [2.05, 4.69) is 52.0 Å². The van der Waals surface area contributed by atoms with Gasteiger partial charge in [0.2, 0.25) is 11.8 Å². The van der Waals surface area contributed by atoms with E-state index < -0.39 is 16.2 Å². The molecule has 0 unspecified atom stereocenters. The maximum absolute atomic E-state index is 12.8. The molecule has 2 aliphatic rings. The molecule has 2 aliphatic heterocycles. The summed E-state index contributed by atoms with van der Waals surface area (Å²) in [4.78, 5) is 83.0. The van der Waals surface area contributed by atoms with Crippen LogP contribution in [0.15, 0.2) is 200 Å². The van der Waals surface area contributed by atoms with Crippen LogP contribution in [0.3, 0.4) is 0 Å². The number of amides is 3. The van der Waals surface area contributed by atoms with Gasteiger partial charge in [-0.3, -0.25) is 38.3 Å². The first-order chi connectivity index (χ1) is 44.7. The van der Waals surface area contributed by atoms with Crippen molar-refractivity contribution in [2.75, 3.05) is 46.4 Å². The topological polar surface area (TPSA) is 338 Å². The Hall–Kier alpha value is -9.30. The zero-order chi connectivity index (χ0) is 68.7. The van der Waals surface area contributed by atoms with Crippen LogP contribution >= 0.6 is 58.1 Å².